The lowest BCUT2D eigenvalue weighted by Gasteiger charge is -2.18. The fraction of sp³-hybridized carbons (Fsp3) is 0.600. The maximum atomic E-state index is 13.7. The Balaban J connectivity index is 1.95. The first-order valence-electron chi connectivity index (χ1n) is 7.05. The third-order valence-corrected chi connectivity index (χ3v) is 3.83. The monoisotopic (exact) mass is 287 g/mol. The molecule has 2 atom stereocenters. The Morgan fingerprint density at radius 2 is 2.10 bits per heavy atom. The topological polar surface area (TPSA) is 21.3 Å². The quantitative estimate of drug-likeness (QED) is 0.805. The van der Waals surface area contributed by atoms with Gasteiger partial charge in [0.25, 0.3) is 0 Å². The number of hydrogen-bond donors (Lipinski definition) is 1. The summed E-state index contributed by atoms with van der Waals surface area (Å²) in [6, 6.07) is 1.96. The molecule has 0 aromatic heterocycles. The molecule has 0 saturated carbocycles. The lowest BCUT2D eigenvalue weighted by molar-refractivity contribution is 0.101. The Labute approximate surface area is 117 Å². The standard InChI is InChI=1S/C15H20F3NO/c1-19-13(6-2-4-10-5-3-9-20-10)11-7-8-12(16)15(18)14(11)17/h7-8,10,13,19H,2-6,9H2,1H3. The minimum atomic E-state index is -1.40. The van der Waals surface area contributed by atoms with Gasteiger partial charge in [-0.05, 0) is 45.2 Å². The summed E-state index contributed by atoms with van der Waals surface area (Å²) in [5, 5.41) is 2.96. The second-order valence-electron chi connectivity index (χ2n) is 5.17. The van der Waals surface area contributed by atoms with E-state index in [0.29, 0.717) is 12.5 Å². The van der Waals surface area contributed by atoms with E-state index >= 15 is 0 Å². The number of hydrogen-bond acceptors (Lipinski definition) is 2. The number of benzene rings is 1. The van der Waals surface area contributed by atoms with Crippen LogP contribution in [0.2, 0.25) is 0 Å². The molecule has 1 heterocycles. The molecule has 0 amide bonds. The molecule has 1 N–H and O–H groups in total. The molecule has 1 aliphatic rings. The summed E-state index contributed by atoms with van der Waals surface area (Å²) in [5.74, 6) is -3.65. The number of rotatable bonds is 6. The molecule has 1 aliphatic heterocycles. The van der Waals surface area contributed by atoms with Crippen molar-refractivity contribution in [2.75, 3.05) is 13.7 Å². The highest BCUT2D eigenvalue weighted by molar-refractivity contribution is 5.23. The molecule has 2 rings (SSSR count). The van der Waals surface area contributed by atoms with Gasteiger partial charge in [-0.2, -0.15) is 0 Å². The normalized spacial score (nSPS) is 20.3. The molecule has 0 aliphatic carbocycles. The van der Waals surface area contributed by atoms with E-state index in [2.05, 4.69) is 5.32 Å². The van der Waals surface area contributed by atoms with Gasteiger partial charge < -0.3 is 10.1 Å². The zero-order chi connectivity index (χ0) is 14.5. The number of ether oxygens (including phenoxy) is 1. The smallest absolute Gasteiger partial charge is 0.194 e. The van der Waals surface area contributed by atoms with E-state index in [9.17, 15) is 13.2 Å². The molecule has 2 unspecified atom stereocenters. The lowest BCUT2D eigenvalue weighted by atomic mass is 9.98. The van der Waals surface area contributed by atoms with E-state index in [1.54, 1.807) is 7.05 Å². The maximum Gasteiger partial charge on any atom is 0.194 e. The molecule has 2 nitrogen and oxygen atoms in total. The Kier molecular flexibility index (Phi) is 5.43. The van der Waals surface area contributed by atoms with Crippen molar-refractivity contribution < 1.29 is 17.9 Å². The van der Waals surface area contributed by atoms with Crippen LogP contribution in [0.3, 0.4) is 0 Å². The van der Waals surface area contributed by atoms with E-state index in [4.69, 9.17) is 4.74 Å². The van der Waals surface area contributed by atoms with Gasteiger partial charge in [-0.3, -0.25) is 0 Å². The van der Waals surface area contributed by atoms with Crippen LogP contribution in [0.1, 0.15) is 43.7 Å². The SMILES string of the molecule is CNC(CCCC1CCCO1)c1ccc(F)c(F)c1F. The van der Waals surface area contributed by atoms with Crippen LogP contribution < -0.4 is 5.32 Å². The van der Waals surface area contributed by atoms with E-state index in [-0.39, 0.29) is 11.6 Å². The highest BCUT2D eigenvalue weighted by Crippen LogP contribution is 2.26. The summed E-state index contributed by atoms with van der Waals surface area (Å²) in [4.78, 5) is 0. The highest BCUT2D eigenvalue weighted by atomic mass is 19.2. The third-order valence-electron chi connectivity index (χ3n) is 3.83. The first-order chi connectivity index (χ1) is 9.63. The maximum absolute atomic E-state index is 13.7. The number of halogens is 3. The third kappa shape index (κ3) is 3.52. The zero-order valence-electron chi connectivity index (χ0n) is 11.6. The second kappa shape index (κ2) is 7.09. The molecular formula is C15H20F3NO. The molecule has 0 radical (unpaired) electrons. The Bertz CT molecular complexity index is 447. The molecule has 20 heavy (non-hydrogen) atoms. The number of nitrogens with one attached hydrogen (secondary N) is 1. The van der Waals surface area contributed by atoms with Crippen molar-refractivity contribution in [3.8, 4) is 0 Å². The van der Waals surface area contributed by atoms with Crippen molar-refractivity contribution in [3.63, 3.8) is 0 Å². The van der Waals surface area contributed by atoms with Crippen LogP contribution >= 0.6 is 0 Å². The Morgan fingerprint density at radius 1 is 1.30 bits per heavy atom. The van der Waals surface area contributed by atoms with Crippen molar-refractivity contribution in [1.82, 2.24) is 5.32 Å². The average Bonchev–Trinajstić information content (AvgIpc) is 2.95. The fourth-order valence-electron chi connectivity index (χ4n) is 2.69. The van der Waals surface area contributed by atoms with E-state index in [1.165, 1.54) is 6.07 Å². The summed E-state index contributed by atoms with van der Waals surface area (Å²) in [6.45, 7) is 0.817. The molecule has 1 saturated heterocycles. The van der Waals surface area contributed by atoms with Gasteiger partial charge in [0.1, 0.15) is 0 Å². The van der Waals surface area contributed by atoms with Crippen LogP contribution in [0.5, 0.6) is 0 Å². The fourth-order valence-corrected chi connectivity index (χ4v) is 2.69. The van der Waals surface area contributed by atoms with Crippen molar-refractivity contribution in [1.29, 1.82) is 0 Å². The van der Waals surface area contributed by atoms with Gasteiger partial charge in [0, 0.05) is 18.2 Å². The van der Waals surface area contributed by atoms with Crippen LogP contribution in [0.15, 0.2) is 12.1 Å². The highest BCUT2D eigenvalue weighted by Gasteiger charge is 2.21. The first kappa shape index (κ1) is 15.3. The molecule has 0 spiro atoms. The average molecular weight is 287 g/mol. The molecule has 1 fully saturated rings. The van der Waals surface area contributed by atoms with Crippen molar-refractivity contribution in [3.05, 3.63) is 35.1 Å². The zero-order valence-corrected chi connectivity index (χ0v) is 11.6. The van der Waals surface area contributed by atoms with Gasteiger partial charge in [-0.1, -0.05) is 6.07 Å². The predicted octanol–water partition coefficient (Wildman–Crippen LogP) is 3.71. The van der Waals surface area contributed by atoms with Crippen LogP contribution in [-0.2, 0) is 4.74 Å². The minimum Gasteiger partial charge on any atom is -0.378 e. The van der Waals surface area contributed by atoms with Crippen LogP contribution in [0, 0.1) is 17.5 Å². The van der Waals surface area contributed by atoms with Gasteiger partial charge in [0.05, 0.1) is 6.10 Å². The minimum absolute atomic E-state index is 0.179. The largest absolute Gasteiger partial charge is 0.378 e. The Morgan fingerprint density at radius 3 is 2.75 bits per heavy atom. The summed E-state index contributed by atoms with van der Waals surface area (Å²) in [6.07, 6.45) is 4.90. The first-order valence-corrected chi connectivity index (χ1v) is 7.05. The van der Waals surface area contributed by atoms with Crippen molar-refractivity contribution in [2.45, 2.75) is 44.2 Å². The molecule has 5 heteroatoms. The Hall–Kier alpha value is -1.07. The predicted molar refractivity (Wildman–Crippen MR) is 70.9 cm³/mol. The summed E-state index contributed by atoms with van der Waals surface area (Å²) >= 11 is 0. The van der Waals surface area contributed by atoms with Gasteiger partial charge in [0.15, 0.2) is 17.5 Å². The van der Waals surface area contributed by atoms with Crippen molar-refractivity contribution in [2.24, 2.45) is 0 Å². The second-order valence-corrected chi connectivity index (χ2v) is 5.17. The van der Waals surface area contributed by atoms with Gasteiger partial charge in [0.2, 0.25) is 0 Å². The van der Waals surface area contributed by atoms with E-state index in [1.807, 2.05) is 0 Å². The molecular weight excluding hydrogens is 267 g/mol. The van der Waals surface area contributed by atoms with E-state index in [0.717, 1.165) is 38.4 Å². The van der Waals surface area contributed by atoms with Crippen molar-refractivity contribution >= 4 is 0 Å². The molecule has 1 aromatic carbocycles. The molecule has 0 bridgehead atoms. The molecule has 112 valence electrons. The van der Waals surface area contributed by atoms with Gasteiger partial charge >= 0.3 is 0 Å². The van der Waals surface area contributed by atoms with Crippen LogP contribution in [0.25, 0.3) is 0 Å². The summed E-state index contributed by atoms with van der Waals surface area (Å²) in [5.41, 5.74) is 0.179. The van der Waals surface area contributed by atoms with Gasteiger partial charge in [-0.15, -0.1) is 0 Å². The molecule has 1 aromatic rings. The van der Waals surface area contributed by atoms with Crippen LogP contribution in [-0.4, -0.2) is 19.8 Å². The van der Waals surface area contributed by atoms with E-state index < -0.39 is 17.5 Å². The summed E-state index contributed by atoms with van der Waals surface area (Å²) < 4.78 is 45.5. The lowest BCUT2D eigenvalue weighted by Crippen LogP contribution is -2.19. The van der Waals surface area contributed by atoms with Gasteiger partial charge in [-0.25, -0.2) is 13.2 Å². The summed E-state index contributed by atoms with van der Waals surface area (Å²) in [7, 11) is 1.69. The van der Waals surface area contributed by atoms with Crippen LogP contribution in [0.4, 0.5) is 13.2 Å².